The molecule has 1 fully saturated rings. The van der Waals surface area contributed by atoms with Crippen molar-refractivity contribution < 1.29 is 9.84 Å². The lowest BCUT2D eigenvalue weighted by Gasteiger charge is -2.27. The van der Waals surface area contributed by atoms with Crippen LogP contribution in [0.5, 0.6) is 0 Å². The fraction of sp³-hybridized carbons (Fsp3) is 1.00. The second-order valence-corrected chi connectivity index (χ2v) is 2.93. The highest BCUT2D eigenvalue weighted by molar-refractivity contribution is 4.73. The summed E-state index contributed by atoms with van der Waals surface area (Å²) in [6, 6.07) is 0.536. The minimum Gasteiger partial charge on any atom is -0.396 e. The summed E-state index contributed by atoms with van der Waals surface area (Å²) in [4.78, 5) is 0. The van der Waals surface area contributed by atoms with Crippen LogP contribution in [-0.2, 0) is 4.74 Å². The van der Waals surface area contributed by atoms with Gasteiger partial charge in [-0.1, -0.05) is 6.92 Å². The SMILES string of the molecule is CC(CO)CNC1COC1. The van der Waals surface area contributed by atoms with Crippen molar-refractivity contribution in [2.75, 3.05) is 26.4 Å². The number of aliphatic hydroxyl groups excluding tert-OH is 1. The lowest BCUT2D eigenvalue weighted by atomic mass is 10.2. The molecule has 3 nitrogen and oxygen atoms in total. The first kappa shape index (κ1) is 7.98. The molecule has 0 aromatic rings. The van der Waals surface area contributed by atoms with E-state index >= 15 is 0 Å². The zero-order valence-corrected chi connectivity index (χ0v) is 6.34. The van der Waals surface area contributed by atoms with Gasteiger partial charge in [-0.2, -0.15) is 0 Å². The molecule has 1 rings (SSSR count). The average molecular weight is 145 g/mol. The molecular weight excluding hydrogens is 130 g/mol. The fourth-order valence-corrected chi connectivity index (χ4v) is 0.786. The molecule has 0 aromatic heterocycles. The van der Waals surface area contributed by atoms with Crippen LogP contribution >= 0.6 is 0 Å². The van der Waals surface area contributed by atoms with Crippen molar-refractivity contribution in [2.45, 2.75) is 13.0 Å². The number of rotatable bonds is 4. The molecule has 0 spiro atoms. The van der Waals surface area contributed by atoms with Crippen LogP contribution in [0.3, 0.4) is 0 Å². The van der Waals surface area contributed by atoms with Gasteiger partial charge < -0.3 is 15.2 Å². The van der Waals surface area contributed by atoms with E-state index in [1.807, 2.05) is 6.92 Å². The van der Waals surface area contributed by atoms with E-state index in [2.05, 4.69) is 5.32 Å². The first-order valence-corrected chi connectivity index (χ1v) is 3.75. The predicted octanol–water partition coefficient (Wildman–Crippen LogP) is -0.397. The molecule has 10 heavy (non-hydrogen) atoms. The molecule has 0 bridgehead atoms. The monoisotopic (exact) mass is 145 g/mol. The van der Waals surface area contributed by atoms with Crippen LogP contribution in [-0.4, -0.2) is 37.5 Å². The van der Waals surface area contributed by atoms with E-state index in [-0.39, 0.29) is 6.61 Å². The van der Waals surface area contributed by atoms with Gasteiger partial charge in [0.05, 0.1) is 19.3 Å². The zero-order chi connectivity index (χ0) is 7.40. The third-order valence-corrected chi connectivity index (χ3v) is 1.70. The molecule has 3 heteroatoms. The van der Waals surface area contributed by atoms with Crippen molar-refractivity contribution in [1.29, 1.82) is 0 Å². The standard InChI is InChI=1S/C7H15NO2/c1-6(3-9)2-8-7-4-10-5-7/h6-9H,2-5H2,1H3. The van der Waals surface area contributed by atoms with E-state index in [9.17, 15) is 0 Å². The molecule has 60 valence electrons. The Kier molecular flexibility index (Phi) is 3.12. The number of ether oxygens (including phenoxy) is 1. The Morgan fingerprint density at radius 1 is 1.70 bits per heavy atom. The Balaban J connectivity index is 1.93. The van der Waals surface area contributed by atoms with Crippen LogP contribution in [0.4, 0.5) is 0 Å². The Morgan fingerprint density at radius 3 is 2.80 bits per heavy atom. The summed E-state index contributed by atoms with van der Waals surface area (Å²) in [5.74, 6) is 0.362. The largest absolute Gasteiger partial charge is 0.396 e. The minimum absolute atomic E-state index is 0.264. The molecular formula is C7H15NO2. The third kappa shape index (κ3) is 2.25. The Morgan fingerprint density at radius 2 is 2.40 bits per heavy atom. The van der Waals surface area contributed by atoms with Crippen LogP contribution in [0.15, 0.2) is 0 Å². The quantitative estimate of drug-likeness (QED) is 0.565. The number of hydrogen-bond donors (Lipinski definition) is 2. The highest BCUT2D eigenvalue weighted by Gasteiger charge is 2.17. The highest BCUT2D eigenvalue weighted by atomic mass is 16.5. The third-order valence-electron chi connectivity index (χ3n) is 1.70. The molecule has 1 unspecified atom stereocenters. The summed E-state index contributed by atoms with van der Waals surface area (Å²) in [6.45, 7) is 4.84. The van der Waals surface area contributed by atoms with Gasteiger partial charge in [0.15, 0.2) is 0 Å². The molecule has 1 saturated heterocycles. The van der Waals surface area contributed by atoms with Crippen LogP contribution in [0.1, 0.15) is 6.92 Å². The Hall–Kier alpha value is -0.120. The topological polar surface area (TPSA) is 41.5 Å². The van der Waals surface area contributed by atoms with Gasteiger partial charge in [0, 0.05) is 13.2 Å². The molecule has 0 aliphatic carbocycles. The van der Waals surface area contributed by atoms with Gasteiger partial charge in [0.1, 0.15) is 0 Å². The molecule has 0 radical (unpaired) electrons. The van der Waals surface area contributed by atoms with Gasteiger partial charge in [-0.3, -0.25) is 0 Å². The second kappa shape index (κ2) is 3.91. The Bertz CT molecular complexity index is 88.9. The van der Waals surface area contributed by atoms with Crippen molar-refractivity contribution in [3.8, 4) is 0 Å². The molecule has 1 atom stereocenters. The first-order valence-electron chi connectivity index (χ1n) is 3.75. The van der Waals surface area contributed by atoms with Gasteiger partial charge in [-0.15, -0.1) is 0 Å². The number of hydrogen-bond acceptors (Lipinski definition) is 3. The average Bonchev–Trinajstić information content (AvgIpc) is 1.84. The maximum atomic E-state index is 8.67. The smallest absolute Gasteiger partial charge is 0.0643 e. The maximum absolute atomic E-state index is 8.67. The molecule has 1 aliphatic rings. The van der Waals surface area contributed by atoms with Crippen molar-refractivity contribution in [1.82, 2.24) is 5.32 Å². The molecule has 1 aliphatic heterocycles. The zero-order valence-electron chi connectivity index (χ0n) is 6.34. The van der Waals surface area contributed by atoms with Crippen LogP contribution in [0, 0.1) is 5.92 Å². The summed E-state index contributed by atoms with van der Waals surface area (Å²) in [6.07, 6.45) is 0. The molecule has 1 heterocycles. The van der Waals surface area contributed by atoms with Gasteiger partial charge >= 0.3 is 0 Å². The van der Waals surface area contributed by atoms with E-state index in [0.29, 0.717) is 12.0 Å². The van der Waals surface area contributed by atoms with E-state index in [0.717, 1.165) is 19.8 Å². The lowest BCUT2D eigenvalue weighted by molar-refractivity contribution is -0.00705. The molecule has 0 aromatic carbocycles. The fourth-order valence-electron chi connectivity index (χ4n) is 0.786. The minimum atomic E-state index is 0.264. The van der Waals surface area contributed by atoms with Crippen LogP contribution in [0.25, 0.3) is 0 Å². The van der Waals surface area contributed by atoms with E-state index < -0.39 is 0 Å². The van der Waals surface area contributed by atoms with Crippen molar-refractivity contribution in [3.63, 3.8) is 0 Å². The first-order chi connectivity index (χ1) is 4.83. The highest BCUT2D eigenvalue weighted by Crippen LogP contribution is 2.00. The van der Waals surface area contributed by atoms with Crippen LogP contribution in [0.2, 0.25) is 0 Å². The number of nitrogens with one attached hydrogen (secondary N) is 1. The second-order valence-electron chi connectivity index (χ2n) is 2.93. The Labute approximate surface area is 61.4 Å². The van der Waals surface area contributed by atoms with Gasteiger partial charge in [-0.05, 0) is 5.92 Å². The van der Waals surface area contributed by atoms with Gasteiger partial charge in [0.25, 0.3) is 0 Å². The number of aliphatic hydroxyl groups is 1. The summed E-state index contributed by atoms with van der Waals surface area (Å²) in [7, 11) is 0. The van der Waals surface area contributed by atoms with E-state index in [1.54, 1.807) is 0 Å². The summed E-state index contributed by atoms with van der Waals surface area (Å²) >= 11 is 0. The van der Waals surface area contributed by atoms with Gasteiger partial charge in [-0.25, -0.2) is 0 Å². The molecule has 0 amide bonds. The normalized spacial score (nSPS) is 22.2. The predicted molar refractivity (Wildman–Crippen MR) is 38.9 cm³/mol. The van der Waals surface area contributed by atoms with Crippen molar-refractivity contribution in [2.24, 2.45) is 5.92 Å². The van der Waals surface area contributed by atoms with Gasteiger partial charge in [0.2, 0.25) is 0 Å². The summed E-state index contributed by atoms with van der Waals surface area (Å²) in [5, 5.41) is 12.0. The summed E-state index contributed by atoms with van der Waals surface area (Å²) < 4.78 is 4.98. The van der Waals surface area contributed by atoms with E-state index in [1.165, 1.54) is 0 Å². The van der Waals surface area contributed by atoms with Crippen LogP contribution < -0.4 is 5.32 Å². The van der Waals surface area contributed by atoms with Crippen molar-refractivity contribution in [3.05, 3.63) is 0 Å². The lowest BCUT2D eigenvalue weighted by Crippen LogP contribution is -2.47. The maximum Gasteiger partial charge on any atom is 0.0643 e. The molecule has 2 N–H and O–H groups in total. The van der Waals surface area contributed by atoms with E-state index in [4.69, 9.17) is 9.84 Å². The molecule has 0 saturated carbocycles. The van der Waals surface area contributed by atoms with Crippen molar-refractivity contribution >= 4 is 0 Å². The summed E-state index contributed by atoms with van der Waals surface area (Å²) in [5.41, 5.74) is 0.